The fourth-order valence-corrected chi connectivity index (χ4v) is 13.0. The lowest BCUT2D eigenvalue weighted by Gasteiger charge is -2.45. The summed E-state index contributed by atoms with van der Waals surface area (Å²) in [6, 6.07) is 2.25. The highest BCUT2D eigenvalue weighted by molar-refractivity contribution is 6.99. The lowest BCUT2D eigenvalue weighted by atomic mass is 10.1. The fourth-order valence-electron chi connectivity index (χ4n) is 3.20. The number of carbonyl (C=O) groups excluding carboxylic acids is 1. The van der Waals surface area contributed by atoms with Crippen LogP contribution >= 0.6 is 0 Å². The topological polar surface area (TPSA) is 69.1 Å². The SMILES string of the molecule is CC(=O)OCCc1c(N([Si](C)(C)C)[Si](C)(C)C)[nH]c(C#N)c1C. The lowest BCUT2D eigenvalue weighted by molar-refractivity contribution is -0.140. The predicted octanol–water partition coefficient (Wildman–Crippen LogP) is 3.78. The van der Waals surface area contributed by atoms with Crippen molar-refractivity contribution in [2.45, 2.75) is 59.6 Å². The summed E-state index contributed by atoms with van der Waals surface area (Å²) in [4.78, 5) is 14.4. The molecule has 1 aromatic heterocycles. The number of nitriles is 1. The van der Waals surface area contributed by atoms with E-state index in [0.29, 0.717) is 18.7 Å². The Morgan fingerprint density at radius 1 is 1.22 bits per heavy atom. The maximum atomic E-state index is 11.0. The molecule has 1 heterocycles. The number of hydrogen-bond acceptors (Lipinski definition) is 4. The Kier molecular flexibility index (Phi) is 5.88. The first kappa shape index (κ1) is 19.5. The molecule has 128 valence electrons. The van der Waals surface area contributed by atoms with Gasteiger partial charge in [0.25, 0.3) is 0 Å². The van der Waals surface area contributed by atoms with Crippen molar-refractivity contribution in [3.05, 3.63) is 16.8 Å². The van der Waals surface area contributed by atoms with Gasteiger partial charge in [0.15, 0.2) is 0 Å². The molecule has 1 N–H and O–H groups in total. The second-order valence-corrected chi connectivity index (χ2v) is 17.9. The van der Waals surface area contributed by atoms with Crippen LogP contribution in [0.2, 0.25) is 39.3 Å². The second kappa shape index (κ2) is 6.93. The van der Waals surface area contributed by atoms with Gasteiger partial charge in [0, 0.05) is 18.9 Å². The van der Waals surface area contributed by atoms with E-state index in [0.717, 1.165) is 16.9 Å². The predicted molar refractivity (Wildman–Crippen MR) is 99.8 cm³/mol. The molecule has 0 aliphatic carbocycles. The summed E-state index contributed by atoms with van der Waals surface area (Å²) in [6.07, 6.45) is 0.629. The number of H-pyrrole nitrogens is 1. The Labute approximate surface area is 141 Å². The van der Waals surface area contributed by atoms with Crippen molar-refractivity contribution in [2.75, 3.05) is 10.8 Å². The van der Waals surface area contributed by atoms with Crippen molar-refractivity contribution in [3.63, 3.8) is 0 Å². The molecule has 0 bridgehead atoms. The number of anilines is 1. The summed E-state index contributed by atoms with van der Waals surface area (Å²) in [5.41, 5.74) is 2.68. The number of nitrogens with one attached hydrogen (secondary N) is 1. The largest absolute Gasteiger partial charge is 0.466 e. The zero-order valence-electron chi connectivity index (χ0n) is 15.6. The van der Waals surface area contributed by atoms with Crippen molar-refractivity contribution >= 4 is 28.3 Å². The van der Waals surface area contributed by atoms with Crippen LogP contribution in [0.3, 0.4) is 0 Å². The molecule has 0 unspecified atom stereocenters. The molecule has 0 aromatic carbocycles. The van der Waals surface area contributed by atoms with Gasteiger partial charge < -0.3 is 14.0 Å². The van der Waals surface area contributed by atoms with E-state index in [9.17, 15) is 10.1 Å². The summed E-state index contributed by atoms with van der Waals surface area (Å²) < 4.78 is 7.68. The third kappa shape index (κ3) is 4.72. The smallest absolute Gasteiger partial charge is 0.302 e. The quantitative estimate of drug-likeness (QED) is 0.625. The maximum Gasteiger partial charge on any atom is 0.302 e. The third-order valence-corrected chi connectivity index (χ3v) is 10.8. The molecule has 0 radical (unpaired) electrons. The van der Waals surface area contributed by atoms with Gasteiger partial charge in [0.05, 0.1) is 12.4 Å². The number of nitrogens with zero attached hydrogens (tertiary/aromatic N) is 2. The van der Waals surface area contributed by atoms with Crippen LogP contribution < -0.4 is 4.23 Å². The number of aromatic nitrogens is 1. The van der Waals surface area contributed by atoms with Gasteiger partial charge in [-0.25, -0.2) is 0 Å². The second-order valence-electron chi connectivity index (χ2n) is 7.83. The van der Waals surface area contributed by atoms with Crippen molar-refractivity contribution in [1.82, 2.24) is 4.98 Å². The summed E-state index contributed by atoms with van der Waals surface area (Å²) in [5.74, 6) is 0.789. The van der Waals surface area contributed by atoms with Gasteiger partial charge in [-0.2, -0.15) is 5.26 Å². The first-order valence-corrected chi connectivity index (χ1v) is 14.8. The molecule has 0 aliphatic heterocycles. The molecule has 7 heteroatoms. The number of rotatable bonds is 6. The first-order chi connectivity index (χ1) is 10.4. The highest BCUT2D eigenvalue weighted by atomic mass is 28.4. The molecular weight excluding hydrogens is 322 g/mol. The Hall–Kier alpha value is -1.53. The molecule has 23 heavy (non-hydrogen) atoms. The Balaban J connectivity index is 3.38. The minimum atomic E-state index is -1.63. The number of ether oxygens (including phenoxy) is 1. The normalized spacial score (nSPS) is 12.0. The van der Waals surface area contributed by atoms with Crippen LogP contribution in [0.25, 0.3) is 0 Å². The molecule has 1 rings (SSSR count). The third-order valence-electron chi connectivity index (χ3n) is 3.69. The molecule has 0 spiro atoms. The standard InChI is InChI=1S/C16H29N3O2Si2/c1-12-14(9-10-21-13(2)20)16(18-15(12)11-17)19(22(3,4)5)23(6,7)8/h18H,9-10H2,1-8H3. The molecule has 0 atom stereocenters. The van der Waals surface area contributed by atoms with E-state index in [1.165, 1.54) is 6.92 Å². The maximum absolute atomic E-state index is 11.0. The summed E-state index contributed by atoms with van der Waals surface area (Å²) in [5, 5.41) is 9.39. The molecule has 5 nitrogen and oxygen atoms in total. The highest BCUT2D eigenvalue weighted by Gasteiger charge is 2.37. The molecule has 0 aliphatic rings. The van der Waals surface area contributed by atoms with Gasteiger partial charge in [0.2, 0.25) is 0 Å². The fraction of sp³-hybridized carbons (Fsp3) is 0.625. The van der Waals surface area contributed by atoms with E-state index in [-0.39, 0.29) is 5.97 Å². The number of aromatic amines is 1. The van der Waals surface area contributed by atoms with Gasteiger partial charge >= 0.3 is 5.97 Å². The minimum absolute atomic E-state index is 0.271. The molecule has 0 saturated heterocycles. The number of esters is 1. The minimum Gasteiger partial charge on any atom is -0.466 e. The van der Waals surface area contributed by atoms with Crippen molar-refractivity contribution < 1.29 is 9.53 Å². The van der Waals surface area contributed by atoms with Crippen molar-refractivity contribution in [1.29, 1.82) is 5.26 Å². The van der Waals surface area contributed by atoms with E-state index in [1.54, 1.807) is 0 Å². The number of carbonyl (C=O) groups is 1. The van der Waals surface area contributed by atoms with Crippen LogP contribution in [-0.4, -0.2) is 34.0 Å². The van der Waals surface area contributed by atoms with Gasteiger partial charge in [-0.05, 0) is 12.5 Å². The van der Waals surface area contributed by atoms with Gasteiger partial charge in [-0.1, -0.05) is 39.3 Å². The van der Waals surface area contributed by atoms with Crippen LogP contribution in [0, 0.1) is 18.3 Å². The molecule has 1 aromatic rings. The molecule has 0 saturated carbocycles. The van der Waals surface area contributed by atoms with Crippen LogP contribution in [0.1, 0.15) is 23.7 Å². The van der Waals surface area contributed by atoms with Crippen LogP contribution in [0.15, 0.2) is 0 Å². The molecular formula is C16H29N3O2Si2. The summed E-state index contributed by atoms with van der Waals surface area (Å²) in [7, 11) is -3.26. The summed E-state index contributed by atoms with van der Waals surface area (Å²) in [6.45, 7) is 17.7. The average Bonchev–Trinajstić information content (AvgIpc) is 2.63. The van der Waals surface area contributed by atoms with Crippen molar-refractivity contribution in [2.24, 2.45) is 0 Å². The van der Waals surface area contributed by atoms with E-state index in [4.69, 9.17) is 4.74 Å². The molecule has 0 amide bonds. The van der Waals surface area contributed by atoms with E-state index < -0.39 is 16.5 Å². The lowest BCUT2D eigenvalue weighted by Crippen LogP contribution is -2.60. The first-order valence-electron chi connectivity index (χ1n) is 7.94. The highest BCUT2D eigenvalue weighted by Crippen LogP contribution is 2.33. The monoisotopic (exact) mass is 351 g/mol. The Bertz CT molecular complexity index is 605. The number of hydrogen-bond donors (Lipinski definition) is 1. The zero-order valence-corrected chi connectivity index (χ0v) is 17.6. The van der Waals surface area contributed by atoms with Crippen LogP contribution in [0.4, 0.5) is 5.82 Å². The van der Waals surface area contributed by atoms with Crippen LogP contribution in [0.5, 0.6) is 0 Å². The average molecular weight is 352 g/mol. The summed E-state index contributed by atoms with van der Waals surface area (Å²) >= 11 is 0. The van der Waals surface area contributed by atoms with E-state index in [2.05, 4.69) is 54.6 Å². The Morgan fingerprint density at radius 2 is 1.74 bits per heavy atom. The Morgan fingerprint density at radius 3 is 2.13 bits per heavy atom. The van der Waals surface area contributed by atoms with Gasteiger partial charge in [0.1, 0.15) is 28.2 Å². The van der Waals surface area contributed by atoms with E-state index >= 15 is 0 Å². The van der Waals surface area contributed by atoms with Crippen LogP contribution in [-0.2, 0) is 16.0 Å². The van der Waals surface area contributed by atoms with Gasteiger partial charge in [-0.15, -0.1) is 0 Å². The van der Waals surface area contributed by atoms with Crippen molar-refractivity contribution in [3.8, 4) is 6.07 Å². The zero-order chi connectivity index (χ0) is 18.0. The van der Waals surface area contributed by atoms with Gasteiger partial charge in [-0.3, -0.25) is 4.79 Å². The van der Waals surface area contributed by atoms with E-state index in [1.807, 2.05) is 6.92 Å². The molecule has 0 fully saturated rings.